The van der Waals surface area contributed by atoms with Crippen LogP contribution in [0.5, 0.6) is 0 Å². The summed E-state index contributed by atoms with van der Waals surface area (Å²) in [5.41, 5.74) is 0.480. The van der Waals surface area contributed by atoms with Gasteiger partial charge in [-0.1, -0.05) is 46.9 Å². The molecule has 1 aromatic heterocycles. The van der Waals surface area contributed by atoms with Gasteiger partial charge in [-0.3, -0.25) is 4.79 Å². The number of aromatic nitrogens is 2. The molecular weight excluding hydrogens is 337 g/mol. The summed E-state index contributed by atoms with van der Waals surface area (Å²) in [6, 6.07) is 4.53. The third kappa shape index (κ3) is 3.32. The van der Waals surface area contributed by atoms with E-state index in [1.807, 2.05) is 0 Å². The molecule has 1 unspecified atom stereocenters. The first-order valence-corrected chi connectivity index (χ1v) is 7.12. The third-order valence-electron chi connectivity index (χ3n) is 2.95. The normalized spacial score (nSPS) is 12.2. The number of hydrogen-bond donors (Lipinski definition) is 2. The second-order valence-electron chi connectivity index (χ2n) is 4.32. The second kappa shape index (κ2) is 6.66. The molecule has 0 fully saturated rings. The first kappa shape index (κ1) is 16.1. The number of benzene rings is 1. The fourth-order valence-corrected chi connectivity index (χ4v) is 2.48. The average Bonchev–Trinajstić information content (AvgIpc) is 2.48. The van der Waals surface area contributed by atoms with Crippen LogP contribution in [0, 0.1) is 0 Å². The lowest BCUT2D eigenvalue weighted by atomic mass is 10.1. The minimum Gasteiger partial charge on any atom is -0.394 e. The Morgan fingerprint density at radius 1 is 1.33 bits per heavy atom. The lowest BCUT2D eigenvalue weighted by Gasteiger charge is -2.20. The second-order valence-corrected chi connectivity index (χ2v) is 5.49. The van der Waals surface area contributed by atoms with Crippen LogP contribution in [0.3, 0.4) is 0 Å². The number of aryl methyl sites for hydroxylation is 1. The van der Waals surface area contributed by atoms with Gasteiger partial charge in [-0.05, 0) is 11.6 Å². The number of rotatable bonds is 4. The topological polar surface area (TPSA) is 67.2 Å². The molecule has 0 bridgehead atoms. The molecule has 0 saturated carbocycles. The highest BCUT2D eigenvalue weighted by molar-refractivity contribution is 6.42. The third-order valence-corrected chi connectivity index (χ3v) is 4.15. The molecule has 5 nitrogen and oxygen atoms in total. The number of nitrogens with one attached hydrogen (secondary N) is 1. The van der Waals surface area contributed by atoms with Crippen LogP contribution in [0.15, 0.2) is 29.2 Å². The van der Waals surface area contributed by atoms with Crippen LogP contribution in [0.2, 0.25) is 15.1 Å². The highest BCUT2D eigenvalue weighted by Crippen LogP contribution is 2.32. The molecule has 1 heterocycles. The van der Waals surface area contributed by atoms with Gasteiger partial charge in [0.05, 0.1) is 34.6 Å². The van der Waals surface area contributed by atoms with Crippen LogP contribution in [-0.2, 0) is 7.05 Å². The minimum absolute atomic E-state index is 0.0101. The Balaban J connectivity index is 2.38. The summed E-state index contributed by atoms with van der Waals surface area (Å²) in [5.74, 6) is 0. The van der Waals surface area contributed by atoms with Crippen LogP contribution >= 0.6 is 34.8 Å². The molecule has 0 aliphatic rings. The number of anilines is 1. The Bertz CT molecular complexity index is 718. The molecule has 21 heavy (non-hydrogen) atoms. The van der Waals surface area contributed by atoms with Gasteiger partial charge < -0.3 is 10.4 Å². The lowest BCUT2D eigenvalue weighted by Crippen LogP contribution is -2.23. The Hall–Kier alpha value is -1.27. The molecule has 0 aliphatic heterocycles. The van der Waals surface area contributed by atoms with Gasteiger partial charge in [0.25, 0.3) is 5.56 Å². The molecule has 0 radical (unpaired) electrons. The Morgan fingerprint density at radius 3 is 2.71 bits per heavy atom. The van der Waals surface area contributed by atoms with E-state index in [9.17, 15) is 9.90 Å². The van der Waals surface area contributed by atoms with Crippen molar-refractivity contribution >= 4 is 40.5 Å². The number of hydrogen-bond acceptors (Lipinski definition) is 4. The van der Waals surface area contributed by atoms with E-state index < -0.39 is 11.6 Å². The molecule has 1 atom stereocenters. The quantitative estimate of drug-likeness (QED) is 0.891. The van der Waals surface area contributed by atoms with E-state index in [1.165, 1.54) is 13.2 Å². The van der Waals surface area contributed by atoms with Crippen molar-refractivity contribution in [3.05, 3.63) is 55.4 Å². The summed E-state index contributed by atoms with van der Waals surface area (Å²) in [6.45, 7) is -0.258. The van der Waals surface area contributed by atoms with Crippen molar-refractivity contribution < 1.29 is 5.11 Å². The minimum atomic E-state index is -0.567. The fraction of sp³-hybridized carbons (Fsp3) is 0.231. The van der Waals surface area contributed by atoms with E-state index in [0.29, 0.717) is 21.3 Å². The Kier molecular flexibility index (Phi) is 5.11. The van der Waals surface area contributed by atoms with E-state index in [0.717, 1.165) is 4.68 Å². The zero-order chi connectivity index (χ0) is 15.6. The van der Waals surface area contributed by atoms with Gasteiger partial charge in [-0.25, -0.2) is 4.68 Å². The van der Waals surface area contributed by atoms with Crippen molar-refractivity contribution in [2.75, 3.05) is 11.9 Å². The molecule has 0 spiro atoms. The highest BCUT2D eigenvalue weighted by atomic mass is 35.5. The average molecular weight is 349 g/mol. The predicted octanol–water partition coefficient (Wildman–Crippen LogP) is 2.89. The summed E-state index contributed by atoms with van der Waals surface area (Å²) in [5, 5.41) is 17.1. The molecule has 2 rings (SSSR count). The number of aliphatic hydroxyl groups excluding tert-OH is 1. The highest BCUT2D eigenvalue weighted by Gasteiger charge is 2.18. The van der Waals surface area contributed by atoms with Gasteiger partial charge in [0, 0.05) is 7.05 Å². The fourth-order valence-electron chi connectivity index (χ4n) is 1.81. The summed E-state index contributed by atoms with van der Waals surface area (Å²) in [7, 11) is 1.50. The maximum atomic E-state index is 11.7. The molecule has 112 valence electrons. The van der Waals surface area contributed by atoms with Crippen LogP contribution < -0.4 is 10.9 Å². The van der Waals surface area contributed by atoms with Gasteiger partial charge in [0.15, 0.2) is 0 Å². The van der Waals surface area contributed by atoms with Crippen LogP contribution in [0.25, 0.3) is 0 Å². The monoisotopic (exact) mass is 347 g/mol. The summed E-state index contributed by atoms with van der Waals surface area (Å²) >= 11 is 18.1. The van der Waals surface area contributed by atoms with Crippen molar-refractivity contribution in [1.82, 2.24) is 9.78 Å². The van der Waals surface area contributed by atoms with E-state index >= 15 is 0 Å². The maximum absolute atomic E-state index is 11.7. The molecular formula is C13H12Cl3N3O2. The summed E-state index contributed by atoms with van der Waals surface area (Å²) in [6.07, 6.45) is 1.41. The number of nitrogens with zero attached hydrogens (tertiary/aromatic N) is 2. The zero-order valence-electron chi connectivity index (χ0n) is 11.0. The van der Waals surface area contributed by atoms with Gasteiger partial charge in [-0.15, -0.1) is 0 Å². The smallest absolute Gasteiger partial charge is 0.287 e. The van der Waals surface area contributed by atoms with Gasteiger partial charge in [0.1, 0.15) is 5.02 Å². The molecule has 8 heteroatoms. The standard InChI is InChI=1S/C13H12Cl3N3O2/c1-19-13(21)12(16)9(5-17-19)18-10(6-20)7-3-2-4-8(14)11(7)15/h2-5,10,18,20H,6H2,1H3. The van der Waals surface area contributed by atoms with Crippen molar-refractivity contribution in [2.24, 2.45) is 7.05 Å². The maximum Gasteiger partial charge on any atom is 0.287 e. The Morgan fingerprint density at radius 2 is 2.05 bits per heavy atom. The lowest BCUT2D eigenvalue weighted by molar-refractivity contribution is 0.276. The molecule has 2 aromatic rings. The first-order valence-electron chi connectivity index (χ1n) is 5.98. The van der Waals surface area contributed by atoms with Crippen LogP contribution in [-0.4, -0.2) is 21.5 Å². The van der Waals surface area contributed by atoms with Crippen LogP contribution in [0.1, 0.15) is 11.6 Å². The van der Waals surface area contributed by atoms with Crippen molar-refractivity contribution in [3.63, 3.8) is 0 Å². The largest absolute Gasteiger partial charge is 0.394 e. The number of aliphatic hydroxyl groups is 1. The van der Waals surface area contributed by atoms with Gasteiger partial charge >= 0.3 is 0 Å². The van der Waals surface area contributed by atoms with E-state index in [-0.39, 0.29) is 11.6 Å². The zero-order valence-corrected chi connectivity index (χ0v) is 13.2. The first-order chi connectivity index (χ1) is 9.95. The van der Waals surface area contributed by atoms with Gasteiger partial charge in [0.2, 0.25) is 0 Å². The number of halogens is 3. The molecule has 0 amide bonds. The van der Waals surface area contributed by atoms with Crippen molar-refractivity contribution in [2.45, 2.75) is 6.04 Å². The van der Waals surface area contributed by atoms with E-state index in [1.54, 1.807) is 18.2 Å². The SMILES string of the molecule is Cn1ncc(NC(CO)c2cccc(Cl)c2Cl)c(Cl)c1=O. The van der Waals surface area contributed by atoms with Crippen LogP contribution in [0.4, 0.5) is 5.69 Å². The van der Waals surface area contributed by atoms with Gasteiger partial charge in [-0.2, -0.15) is 5.10 Å². The van der Waals surface area contributed by atoms with Crippen molar-refractivity contribution in [1.29, 1.82) is 0 Å². The summed E-state index contributed by atoms with van der Waals surface area (Å²) in [4.78, 5) is 11.7. The molecule has 1 aromatic carbocycles. The predicted molar refractivity (Wildman–Crippen MR) is 84.4 cm³/mol. The van der Waals surface area contributed by atoms with E-state index in [2.05, 4.69) is 10.4 Å². The summed E-state index contributed by atoms with van der Waals surface area (Å²) < 4.78 is 1.12. The Labute approximate surface area is 136 Å². The molecule has 0 saturated heterocycles. The van der Waals surface area contributed by atoms with Crippen molar-refractivity contribution in [3.8, 4) is 0 Å². The molecule has 0 aliphatic carbocycles. The van der Waals surface area contributed by atoms with E-state index in [4.69, 9.17) is 34.8 Å². The molecule has 2 N–H and O–H groups in total.